The molecule has 1 atom stereocenters. The first-order valence-electron chi connectivity index (χ1n) is 5.81. The van der Waals surface area contributed by atoms with Crippen molar-refractivity contribution in [3.8, 4) is 5.75 Å². The standard InChI is InChI=1S/C15H14O3S/c1-18-13-9-7-12(8-10-13)15(16)11-19(17)14-5-3-2-4-6-14/h2-10H,11H2,1H3. The van der Waals surface area contributed by atoms with Gasteiger partial charge in [-0.15, -0.1) is 0 Å². The molecule has 0 aromatic heterocycles. The Bertz CT molecular complexity index is 576. The van der Waals surface area contributed by atoms with Crippen LogP contribution in [0.15, 0.2) is 59.5 Å². The van der Waals surface area contributed by atoms with Crippen LogP contribution in [0.2, 0.25) is 0 Å². The van der Waals surface area contributed by atoms with E-state index in [1.54, 1.807) is 43.5 Å². The van der Waals surface area contributed by atoms with E-state index in [0.717, 1.165) is 0 Å². The van der Waals surface area contributed by atoms with Gasteiger partial charge in [-0.05, 0) is 36.4 Å². The van der Waals surface area contributed by atoms with Crippen LogP contribution in [0, 0.1) is 0 Å². The highest BCUT2D eigenvalue weighted by Gasteiger charge is 2.12. The van der Waals surface area contributed by atoms with Crippen molar-refractivity contribution in [3.05, 3.63) is 60.2 Å². The molecule has 0 N–H and O–H groups in total. The van der Waals surface area contributed by atoms with E-state index in [2.05, 4.69) is 0 Å². The molecule has 0 aliphatic heterocycles. The number of benzene rings is 2. The maximum absolute atomic E-state index is 12.0. The Labute approximate surface area is 114 Å². The molecule has 0 radical (unpaired) electrons. The number of hydrogen-bond donors (Lipinski definition) is 0. The summed E-state index contributed by atoms with van der Waals surface area (Å²) in [4.78, 5) is 12.7. The maximum atomic E-state index is 12.0. The van der Waals surface area contributed by atoms with Gasteiger partial charge in [0.15, 0.2) is 5.78 Å². The molecule has 2 aromatic rings. The molecule has 0 aliphatic rings. The molecule has 98 valence electrons. The number of methoxy groups -OCH3 is 1. The van der Waals surface area contributed by atoms with Crippen LogP contribution >= 0.6 is 0 Å². The first kappa shape index (κ1) is 13.5. The average Bonchev–Trinajstić information content (AvgIpc) is 2.48. The number of rotatable bonds is 5. The molecule has 0 aliphatic carbocycles. The van der Waals surface area contributed by atoms with Gasteiger partial charge in [-0.1, -0.05) is 18.2 Å². The molecule has 0 amide bonds. The van der Waals surface area contributed by atoms with Gasteiger partial charge in [-0.2, -0.15) is 0 Å². The molecule has 0 fully saturated rings. The fraction of sp³-hybridized carbons (Fsp3) is 0.133. The maximum Gasteiger partial charge on any atom is 0.175 e. The van der Waals surface area contributed by atoms with Crippen molar-refractivity contribution < 1.29 is 13.7 Å². The minimum Gasteiger partial charge on any atom is -0.497 e. The lowest BCUT2D eigenvalue weighted by molar-refractivity contribution is 0.102. The van der Waals surface area contributed by atoms with E-state index in [1.165, 1.54) is 0 Å². The van der Waals surface area contributed by atoms with Gasteiger partial charge in [0.25, 0.3) is 0 Å². The summed E-state index contributed by atoms with van der Waals surface area (Å²) in [6.45, 7) is 0. The van der Waals surface area contributed by atoms with Gasteiger partial charge < -0.3 is 4.74 Å². The summed E-state index contributed by atoms with van der Waals surface area (Å²) >= 11 is 0. The normalized spacial score (nSPS) is 11.8. The fourth-order valence-electron chi connectivity index (χ4n) is 1.63. The third-order valence-electron chi connectivity index (χ3n) is 2.68. The second kappa shape index (κ2) is 6.29. The van der Waals surface area contributed by atoms with Crippen LogP contribution in [-0.2, 0) is 10.8 Å². The zero-order valence-electron chi connectivity index (χ0n) is 10.5. The molecular formula is C15H14O3S. The number of carbonyl (C=O) groups is 1. The Kier molecular flexibility index (Phi) is 4.47. The summed E-state index contributed by atoms with van der Waals surface area (Å²) in [6, 6.07) is 15.8. The van der Waals surface area contributed by atoms with Crippen molar-refractivity contribution >= 4 is 16.6 Å². The molecule has 1 unspecified atom stereocenters. The minimum absolute atomic E-state index is 0.00363. The monoisotopic (exact) mass is 274 g/mol. The van der Waals surface area contributed by atoms with E-state index in [0.29, 0.717) is 16.2 Å². The molecule has 4 heteroatoms. The molecule has 19 heavy (non-hydrogen) atoms. The lowest BCUT2D eigenvalue weighted by Crippen LogP contribution is -2.11. The Morgan fingerprint density at radius 2 is 1.68 bits per heavy atom. The van der Waals surface area contributed by atoms with Crippen LogP contribution in [0.4, 0.5) is 0 Å². The van der Waals surface area contributed by atoms with Gasteiger partial charge in [-0.25, -0.2) is 0 Å². The Hall–Kier alpha value is -1.94. The molecule has 0 heterocycles. The lowest BCUT2D eigenvalue weighted by atomic mass is 10.1. The first-order valence-corrected chi connectivity index (χ1v) is 7.13. The van der Waals surface area contributed by atoms with Crippen molar-refractivity contribution in [2.75, 3.05) is 12.9 Å². The summed E-state index contributed by atoms with van der Waals surface area (Å²) in [5.74, 6) is 0.557. The third kappa shape index (κ3) is 3.51. The number of hydrogen-bond acceptors (Lipinski definition) is 3. The van der Waals surface area contributed by atoms with Crippen molar-refractivity contribution in [1.29, 1.82) is 0 Å². The summed E-state index contributed by atoms with van der Waals surface area (Å²) in [5, 5.41) is 0. The summed E-state index contributed by atoms with van der Waals surface area (Å²) in [5.41, 5.74) is 0.546. The molecule has 2 rings (SSSR count). The molecular weight excluding hydrogens is 260 g/mol. The van der Waals surface area contributed by atoms with Crippen molar-refractivity contribution in [2.45, 2.75) is 4.90 Å². The van der Waals surface area contributed by atoms with Gasteiger partial charge in [0.05, 0.1) is 23.7 Å². The SMILES string of the molecule is COc1ccc(C(=O)CS(=O)c2ccccc2)cc1. The van der Waals surface area contributed by atoms with Gasteiger partial charge in [-0.3, -0.25) is 9.00 Å². The highest BCUT2D eigenvalue weighted by Crippen LogP contribution is 2.13. The van der Waals surface area contributed by atoms with E-state index < -0.39 is 10.8 Å². The van der Waals surface area contributed by atoms with Crippen molar-refractivity contribution in [2.24, 2.45) is 0 Å². The molecule has 3 nitrogen and oxygen atoms in total. The topological polar surface area (TPSA) is 43.4 Å². The highest BCUT2D eigenvalue weighted by atomic mass is 32.2. The molecule has 0 spiro atoms. The summed E-state index contributed by atoms with van der Waals surface area (Å²) in [6.07, 6.45) is 0. The molecule has 0 saturated heterocycles. The second-order valence-electron chi connectivity index (χ2n) is 3.95. The number of ether oxygens (including phenoxy) is 1. The van der Waals surface area contributed by atoms with E-state index in [9.17, 15) is 9.00 Å². The van der Waals surface area contributed by atoms with Crippen LogP contribution in [-0.4, -0.2) is 22.9 Å². The number of Topliss-reactive ketones (excluding diaryl/α,β-unsaturated/α-hetero) is 1. The van der Waals surface area contributed by atoms with Gasteiger partial charge >= 0.3 is 0 Å². The number of ketones is 1. The van der Waals surface area contributed by atoms with Crippen LogP contribution in [0.5, 0.6) is 5.75 Å². The van der Waals surface area contributed by atoms with Crippen LogP contribution in [0.1, 0.15) is 10.4 Å². The predicted molar refractivity (Wildman–Crippen MR) is 75.0 cm³/mol. The molecule has 0 bridgehead atoms. The fourth-order valence-corrected chi connectivity index (χ4v) is 2.67. The Balaban J connectivity index is 2.06. The zero-order valence-corrected chi connectivity index (χ0v) is 11.4. The Morgan fingerprint density at radius 3 is 2.26 bits per heavy atom. The smallest absolute Gasteiger partial charge is 0.175 e. The lowest BCUT2D eigenvalue weighted by Gasteiger charge is -2.03. The summed E-state index contributed by atoms with van der Waals surface area (Å²) in [7, 11) is 0.269. The van der Waals surface area contributed by atoms with E-state index >= 15 is 0 Å². The zero-order chi connectivity index (χ0) is 13.7. The van der Waals surface area contributed by atoms with Crippen LogP contribution < -0.4 is 4.74 Å². The van der Waals surface area contributed by atoms with Gasteiger partial charge in [0.2, 0.25) is 0 Å². The van der Waals surface area contributed by atoms with E-state index in [4.69, 9.17) is 4.74 Å². The van der Waals surface area contributed by atoms with Gasteiger partial charge in [0.1, 0.15) is 5.75 Å². The van der Waals surface area contributed by atoms with E-state index in [1.807, 2.05) is 18.2 Å². The van der Waals surface area contributed by atoms with Gasteiger partial charge in [0, 0.05) is 10.5 Å². The first-order chi connectivity index (χ1) is 9.20. The summed E-state index contributed by atoms with van der Waals surface area (Å²) < 4.78 is 17.0. The van der Waals surface area contributed by atoms with E-state index in [-0.39, 0.29) is 11.5 Å². The highest BCUT2D eigenvalue weighted by molar-refractivity contribution is 7.85. The van der Waals surface area contributed by atoms with Crippen LogP contribution in [0.25, 0.3) is 0 Å². The largest absolute Gasteiger partial charge is 0.497 e. The van der Waals surface area contributed by atoms with Crippen molar-refractivity contribution in [3.63, 3.8) is 0 Å². The minimum atomic E-state index is -1.30. The second-order valence-corrected chi connectivity index (χ2v) is 5.41. The van der Waals surface area contributed by atoms with Crippen molar-refractivity contribution in [1.82, 2.24) is 0 Å². The Morgan fingerprint density at radius 1 is 1.05 bits per heavy atom. The van der Waals surface area contributed by atoms with Crippen LogP contribution in [0.3, 0.4) is 0 Å². The number of carbonyl (C=O) groups excluding carboxylic acids is 1. The average molecular weight is 274 g/mol. The third-order valence-corrected chi connectivity index (χ3v) is 4.00. The molecule has 0 saturated carbocycles. The quantitative estimate of drug-likeness (QED) is 0.787. The molecule has 2 aromatic carbocycles. The predicted octanol–water partition coefficient (Wildman–Crippen LogP) is 2.69.